The molecule has 0 saturated heterocycles. The number of rotatable bonds is 4. The lowest BCUT2D eigenvalue weighted by atomic mass is 10.2. The minimum absolute atomic E-state index is 0.0387. The number of carbonyl (C=O) groups excluding carboxylic acids is 1. The van der Waals surface area contributed by atoms with Crippen molar-refractivity contribution < 1.29 is 4.79 Å². The van der Waals surface area contributed by atoms with Gasteiger partial charge in [0.25, 0.3) is 0 Å². The minimum Gasteiger partial charge on any atom is -0.339 e. The summed E-state index contributed by atoms with van der Waals surface area (Å²) in [5.74, 6) is -0.0387. The smallest absolute Gasteiger partial charge is 0.239 e. The molecule has 0 aliphatic heterocycles. The minimum atomic E-state index is -0.404. The average molecular weight is 207 g/mol. The Labute approximate surface area is 90.1 Å². The van der Waals surface area contributed by atoms with Crippen LogP contribution in [0, 0.1) is 0 Å². The molecular weight excluding hydrogens is 190 g/mol. The van der Waals surface area contributed by atoms with Crippen molar-refractivity contribution in [2.75, 3.05) is 7.05 Å². The van der Waals surface area contributed by atoms with Crippen LogP contribution in [0.4, 0.5) is 0 Å². The van der Waals surface area contributed by atoms with Gasteiger partial charge >= 0.3 is 0 Å². The van der Waals surface area contributed by atoms with Gasteiger partial charge in [-0.3, -0.25) is 9.78 Å². The first kappa shape index (κ1) is 11.7. The van der Waals surface area contributed by atoms with Gasteiger partial charge in [-0.25, -0.2) is 0 Å². The Morgan fingerprint density at radius 2 is 2.33 bits per heavy atom. The summed E-state index contributed by atoms with van der Waals surface area (Å²) in [7, 11) is 1.74. The highest BCUT2D eigenvalue weighted by atomic mass is 16.2. The summed E-state index contributed by atoms with van der Waals surface area (Å²) in [5.41, 5.74) is 6.53. The fourth-order valence-electron chi connectivity index (χ4n) is 1.27. The van der Waals surface area contributed by atoms with Gasteiger partial charge in [-0.05, 0) is 18.6 Å². The van der Waals surface area contributed by atoms with E-state index in [4.69, 9.17) is 5.73 Å². The Balaban J connectivity index is 2.56. The van der Waals surface area contributed by atoms with Gasteiger partial charge in [0.2, 0.25) is 5.91 Å². The summed E-state index contributed by atoms with van der Waals surface area (Å²) >= 11 is 0. The summed E-state index contributed by atoms with van der Waals surface area (Å²) in [5, 5.41) is 0. The standard InChI is InChI=1S/C11H17N3O/c1-3-10(12)11(15)14(2)8-9-6-4-5-7-13-9/h4-7,10H,3,8,12H2,1-2H3/t10-/m0/s1. The normalized spacial score (nSPS) is 12.2. The second-order valence-corrected chi connectivity index (χ2v) is 3.53. The molecule has 1 aromatic heterocycles. The molecule has 0 aliphatic rings. The van der Waals surface area contributed by atoms with Gasteiger partial charge in [-0.1, -0.05) is 13.0 Å². The van der Waals surface area contributed by atoms with Crippen molar-refractivity contribution in [3.63, 3.8) is 0 Å². The molecule has 0 fully saturated rings. The fourth-order valence-corrected chi connectivity index (χ4v) is 1.27. The van der Waals surface area contributed by atoms with E-state index in [0.29, 0.717) is 13.0 Å². The number of aromatic nitrogens is 1. The summed E-state index contributed by atoms with van der Waals surface area (Å²) < 4.78 is 0. The van der Waals surface area contributed by atoms with Gasteiger partial charge in [0.1, 0.15) is 0 Å². The van der Waals surface area contributed by atoms with E-state index in [1.807, 2.05) is 25.1 Å². The van der Waals surface area contributed by atoms with Gasteiger partial charge in [0.05, 0.1) is 18.3 Å². The zero-order chi connectivity index (χ0) is 11.3. The molecule has 0 unspecified atom stereocenters. The van der Waals surface area contributed by atoms with Gasteiger partial charge in [0.15, 0.2) is 0 Å². The number of likely N-dealkylation sites (N-methyl/N-ethyl adjacent to an activating group) is 1. The zero-order valence-corrected chi connectivity index (χ0v) is 9.18. The maximum atomic E-state index is 11.7. The first-order valence-electron chi connectivity index (χ1n) is 5.05. The van der Waals surface area contributed by atoms with Crippen LogP contribution in [-0.2, 0) is 11.3 Å². The van der Waals surface area contributed by atoms with E-state index in [9.17, 15) is 4.79 Å². The molecule has 0 spiro atoms. The Hall–Kier alpha value is -1.42. The van der Waals surface area contributed by atoms with E-state index in [2.05, 4.69) is 4.98 Å². The van der Waals surface area contributed by atoms with Crippen molar-refractivity contribution >= 4 is 5.91 Å². The van der Waals surface area contributed by atoms with Crippen LogP contribution in [0.15, 0.2) is 24.4 Å². The lowest BCUT2D eigenvalue weighted by molar-refractivity contribution is -0.131. The second-order valence-electron chi connectivity index (χ2n) is 3.53. The number of pyridine rings is 1. The molecule has 0 saturated carbocycles. The van der Waals surface area contributed by atoms with Crippen LogP contribution in [0.25, 0.3) is 0 Å². The van der Waals surface area contributed by atoms with Gasteiger partial charge < -0.3 is 10.6 Å². The van der Waals surface area contributed by atoms with E-state index in [-0.39, 0.29) is 5.91 Å². The Morgan fingerprint density at radius 1 is 1.60 bits per heavy atom. The number of nitrogens with zero attached hydrogens (tertiary/aromatic N) is 2. The Morgan fingerprint density at radius 3 is 2.87 bits per heavy atom. The molecule has 0 radical (unpaired) electrons. The van der Waals surface area contributed by atoms with E-state index >= 15 is 0 Å². The number of amides is 1. The Kier molecular flexibility index (Phi) is 4.24. The molecule has 15 heavy (non-hydrogen) atoms. The molecular formula is C11H17N3O. The molecule has 0 bridgehead atoms. The highest BCUT2D eigenvalue weighted by molar-refractivity contribution is 5.81. The first-order chi connectivity index (χ1) is 7.15. The second kappa shape index (κ2) is 5.46. The molecule has 1 amide bonds. The van der Waals surface area contributed by atoms with Crippen molar-refractivity contribution in [1.82, 2.24) is 9.88 Å². The van der Waals surface area contributed by atoms with Crippen LogP contribution in [-0.4, -0.2) is 28.9 Å². The Bertz CT molecular complexity index is 313. The third-order valence-corrected chi connectivity index (χ3v) is 2.26. The van der Waals surface area contributed by atoms with Crippen LogP contribution >= 0.6 is 0 Å². The third kappa shape index (κ3) is 3.32. The molecule has 1 atom stereocenters. The van der Waals surface area contributed by atoms with Crippen LogP contribution in [0.2, 0.25) is 0 Å². The summed E-state index contributed by atoms with van der Waals surface area (Å²) in [6.07, 6.45) is 2.37. The van der Waals surface area contributed by atoms with Crippen LogP contribution in [0.3, 0.4) is 0 Å². The maximum absolute atomic E-state index is 11.7. The highest BCUT2D eigenvalue weighted by Crippen LogP contribution is 2.01. The number of nitrogens with two attached hydrogens (primary N) is 1. The largest absolute Gasteiger partial charge is 0.339 e. The van der Waals surface area contributed by atoms with Crippen LogP contribution < -0.4 is 5.73 Å². The van der Waals surface area contributed by atoms with Crippen molar-refractivity contribution in [3.05, 3.63) is 30.1 Å². The van der Waals surface area contributed by atoms with Crippen molar-refractivity contribution in [2.45, 2.75) is 25.9 Å². The van der Waals surface area contributed by atoms with Crippen molar-refractivity contribution in [3.8, 4) is 0 Å². The SMILES string of the molecule is CC[C@H](N)C(=O)N(C)Cc1ccccn1. The molecule has 4 heteroatoms. The van der Waals surface area contributed by atoms with E-state index in [0.717, 1.165) is 5.69 Å². The van der Waals surface area contributed by atoms with Crippen LogP contribution in [0.5, 0.6) is 0 Å². The van der Waals surface area contributed by atoms with E-state index in [1.54, 1.807) is 18.1 Å². The number of hydrogen-bond acceptors (Lipinski definition) is 3. The predicted molar refractivity (Wildman–Crippen MR) is 59.0 cm³/mol. The first-order valence-corrected chi connectivity index (χ1v) is 5.05. The molecule has 4 nitrogen and oxygen atoms in total. The molecule has 0 aliphatic carbocycles. The lowest BCUT2D eigenvalue weighted by Crippen LogP contribution is -2.41. The number of hydrogen-bond donors (Lipinski definition) is 1. The highest BCUT2D eigenvalue weighted by Gasteiger charge is 2.16. The molecule has 1 aromatic rings. The molecule has 82 valence electrons. The molecule has 1 rings (SSSR count). The molecule has 2 N–H and O–H groups in total. The van der Waals surface area contributed by atoms with E-state index < -0.39 is 6.04 Å². The maximum Gasteiger partial charge on any atom is 0.239 e. The van der Waals surface area contributed by atoms with Crippen LogP contribution in [0.1, 0.15) is 19.0 Å². The quantitative estimate of drug-likeness (QED) is 0.793. The topological polar surface area (TPSA) is 59.2 Å². The zero-order valence-electron chi connectivity index (χ0n) is 9.18. The third-order valence-electron chi connectivity index (χ3n) is 2.26. The van der Waals surface area contributed by atoms with Crippen molar-refractivity contribution in [2.24, 2.45) is 5.73 Å². The lowest BCUT2D eigenvalue weighted by Gasteiger charge is -2.19. The van der Waals surface area contributed by atoms with Gasteiger partial charge in [-0.2, -0.15) is 0 Å². The monoisotopic (exact) mass is 207 g/mol. The summed E-state index contributed by atoms with van der Waals surface area (Å²) in [4.78, 5) is 17.4. The predicted octanol–water partition coefficient (Wildman–Crippen LogP) is 0.777. The van der Waals surface area contributed by atoms with E-state index in [1.165, 1.54) is 0 Å². The number of carbonyl (C=O) groups is 1. The van der Waals surface area contributed by atoms with Gasteiger partial charge in [0, 0.05) is 13.2 Å². The molecule has 0 aromatic carbocycles. The fraction of sp³-hybridized carbons (Fsp3) is 0.455. The summed E-state index contributed by atoms with van der Waals surface area (Å²) in [6.45, 7) is 2.41. The molecule has 1 heterocycles. The average Bonchev–Trinajstić information content (AvgIpc) is 2.28. The van der Waals surface area contributed by atoms with Crippen molar-refractivity contribution in [1.29, 1.82) is 0 Å². The summed E-state index contributed by atoms with van der Waals surface area (Å²) in [6, 6.07) is 5.24. The van der Waals surface area contributed by atoms with Gasteiger partial charge in [-0.15, -0.1) is 0 Å².